The van der Waals surface area contributed by atoms with E-state index in [4.69, 9.17) is 13.8 Å². The molecule has 0 saturated carbocycles. The summed E-state index contributed by atoms with van der Waals surface area (Å²) in [5, 5.41) is 0.475. The molecule has 0 radical (unpaired) electrons. The van der Waals surface area contributed by atoms with Gasteiger partial charge in [-0.2, -0.15) is 0 Å². The fraction of sp³-hybridized carbons (Fsp3) is 0.444. The zero-order chi connectivity index (χ0) is 19.5. The molecule has 2 aromatic rings. The van der Waals surface area contributed by atoms with E-state index in [9.17, 15) is 14.2 Å². The molecule has 1 aromatic heterocycles. The molecule has 26 heavy (non-hydrogen) atoms. The van der Waals surface area contributed by atoms with Crippen molar-refractivity contribution in [3.05, 3.63) is 36.0 Å². The Kier molecular flexibility index (Phi) is 6.06. The molecule has 8 heteroatoms. The van der Waals surface area contributed by atoms with Crippen molar-refractivity contribution < 1.29 is 27.9 Å². The minimum absolute atomic E-state index is 0.0632. The van der Waals surface area contributed by atoms with Gasteiger partial charge in [-0.25, -0.2) is 4.79 Å². The number of aromatic nitrogens is 1. The molecule has 0 aliphatic heterocycles. The number of ether oxygens (including phenoxy) is 1. The molecule has 0 aliphatic carbocycles. The molecule has 1 heterocycles. The third-order valence-electron chi connectivity index (χ3n) is 3.38. The Balaban J connectivity index is 2.57. The Morgan fingerprint density at radius 2 is 1.65 bits per heavy atom. The molecule has 0 bridgehead atoms. The lowest BCUT2D eigenvalue weighted by Gasteiger charge is -2.19. The maximum atomic E-state index is 12.9. The van der Waals surface area contributed by atoms with Crippen LogP contribution in [-0.4, -0.2) is 35.0 Å². The summed E-state index contributed by atoms with van der Waals surface area (Å²) >= 11 is 0. The number of hydrogen-bond acceptors (Lipinski definition) is 6. The van der Waals surface area contributed by atoms with Crippen LogP contribution in [0.5, 0.6) is 0 Å². The number of nitrogens with zero attached hydrogens (tertiary/aromatic N) is 1. The van der Waals surface area contributed by atoms with Crippen molar-refractivity contribution in [2.75, 3.05) is 13.2 Å². The second-order valence-corrected chi connectivity index (χ2v) is 8.47. The van der Waals surface area contributed by atoms with Crippen LogP contribution in [0.25, 0.3) is 10.9 Å². The Bertz CT molecular complexity index is 854. The van der Waals surface area contributed by atoms with Gasteiger partial charge in [-0.3, -0.25) is 13.9 Å². The number of carbonyl (C=O) groups excluding carboxylic acids is 2. The monoisotopic (exact) mass is 381 g/mol. The number of benzene rings is 1. The quantitative estimate of drug-likeness (QED) is 0.667. The van der Waals surface area contributed by atoms with E-state index in [0.717, 1.165) is 0 Å². The van der Waals surface area contributed by atoms with Crippen molar-refractivity contribution in [2.24, 2.45) is 0 Å². The fourth-order valence-electron chi connectivity index (χ4n) is 2.45. The summed E-state index contributed by atoms with van der Waals surface area (Å²) in [4.78, 5) is 25.4. The van der Waals surface area contributed by atoms with Gasteiger partial charge in [0, 0.05) is 11.6 Å². The standard InChI is InChI=1S/C18H24NO6P/c1-6-23-26(22,24-7-2)16(20)14-12-19(17(21)25-18(3,4)5)15-11-9-8-10-13(14)15/h8-12H,6-7H2,1-5H3. The van der Waals surface area contributed by atoms with E-state index in [1.54, 1.807) is 58.9 Å². The van der Waals surface area contributed by atoms with Crippen LogP contribution in [0.15, 0.2) is 30.5 Å². The van der Waals surface area contributed by atoms with Crippen LogP contribution in [0.3, 0.4) is 0 Å². The first-order valence-corrected chi connectivity index (χ1v) is 9.94. The average molecular weight is 381 g/mol. The Morgan fingerprint density at radius 3 is 2.19 bits per heavy atom. The Morgan fingerprint density at radius 1 is 1.08 bits per heavy atom. The highest BCUT2D eigenvalue weighted by Crippen LogP contribution is 2.52. The smallest absolute Gasteiger partial charge is 0.419 e. The van der Waals surface area contributed by atoms with Gasteiger partial charge in [0.25, 0.3) is 5.52 Å². The van der Waals surface area contributed by atoms with Crippen molar-refractivity contribution in [3.63, 3.8) is 0 Å². The molecule has 0 spiro atoms. The van der Waals surface area contributed by atoms with Crippen LogP contribution in [0.2, 0.25) is 0 Å². The van der Waals surface area contributed by atoms with Crippen molar-refractivity contribution in [1.82, 2.24) is 4.57 Å². The van der Waals surface area contributed by atoms with Gasteiger partial charge >= 0.3 is 13.7 Å². The zero-order valence-electron chi connectivity index (χ0n) is 15.6. The molecule has 0 saturated heterocycles. The highest BCUT2D eigenvalue weighted by molar-refractivity contribution is 7.72. The molecule has 0 unspecified atom stereocenters. The second kappa shape index (κ2) is 7.74. The summed E-state index contributed by atoms with van der Waals surface area (Å²) < 4.78 is 29.8. The van der Waals surface area contributed by atoms with Gasteiger partial charge in [0.15, 0.2) is 0 Å². The molecule has 0 amide bonds. The summed E-state index contributed by atoms with van der Waals surface area (Å²) in [6, 6.07) is 6.82. The van der Waals surface area contributed by atoms with Gasteiger partial charge in [0.05, 0.1) is 24.3 Å². The molecule has 1 aromatic carbocycles. The highest BCUT2D eigenvalue weighted by Gasteiger charge is 2.37. The van der Waals surface area contributed by atoms with Gasteiger partial charge in [0.1, 0.15) is 5.60 Å². The molecular formula is C18H24NO6P. The summed E-state index contributed by atoms with van der Waals surface area (Å²) in [5.41, 5.74) is -0.903. The predicted molar refractivity (Wildman–Crippen MR) is 98.8 cm³/mol. The van der Waals surface area contributed by atoms with E-state index in [2.05, 4.69) is 0 Å². The van der Waals surface area contributed by atoms with Crippen LogP contribution in [0.1, 0.15) is 45.0 Å². The highest BCUT2D eigenvalue weighted by atomic mass is 31.2. The largest absolute Gasteiger partial charge is 0.443 e. The van der Waals surface area contributed by atoms with Crippen molar-refractivity contribution in [1.29, 1.82) is 0 Å². The lowest BCUT2D eigenvalue weighted by molar-refractivity contribution is 0.0544. The van der Waals surface area contributed by atoms with E-state index in [1.807, 2.05) is 0 Å². The molecule has 0 fully saturated rings. The first-order valence-electron chi connectivity index (χ1n) is 8.40. The minimum atomic E-state index is -4.00. The fourth-order valence-corrected chi connectivity index (χ4v) is 3.92. The maximum absolute atomic E-state index is 12.9. The summed E-state index contributed by atoms with van der Waals surface area (Å²) in [7, 11) is -4.00. The van der Waals surface area contributed by atoms with E-state index < -0.39 is 24.8 Å². The van der Waals surface area contributed by atoms with Gasteiger partial charge in [-0.15, -0.1) is 0 Å². The van der Waals surface area contributed by atoms with Gasteiger partial charge in [-0.05, 0) is 40.7 Å². The van der Waals surface area contributed by atoms with Crippen molar-refractivity contribution in [2.45, 2.75) is 40.2 Å². The predicted octanol–water partition coefficient (Wildman–Crippen LogP) is 4.83. The summed E-state index contributed by atoms with van der Waals surface area (Å²) in [6.07, 6.45) is 0.696. The van der Waals surface area contributed by atoms with Crippen LogP contribution < -0.4 is 0 Å². The normalized spacial score (nSPS) is 12.3. The third kappa shape index (κ3) is 4.23. The minimum Gasteiger partial charge on any atom is -0.443 e. The number of para-hydroxylation sites is 1. The van der Waals surface area contributed by atoms with Crippen LogP contribution >= 0.6 is 7.60 Å². The van der Waals surface area contributed by atoms with Crippen LogP contribution in [-0.2, 0) is 18.3 Å². The zero-order valence-corrected chi connectivity index (χ0v) is 16.5. The van der Waals surface area contributed by atoms with E-state index in [-0.39, 0.29) is 18.8 Å². The number of fused-ring (bicyclic) bond motifs is 1. The van der Waals surface area contributed by atoms with Crippen LogP contribution in [0.4, 0.5) is 4.79 Å². The van der Waals surface area contributed by atoms with Gasteiger partial charge < -0.3 is 13.8 Å². The molecule has 0 atom stereocenters. The van der Waals surface area contributed by atoms with Crippen molar-refractivity contribution in [3.8, 4) is 0 Å². The molecule has 0 N–H and O–H groups in total. The van der Waals surface area contributed by atoms with Gasteiger partial charge in [0.2, 0.25) is 0 Å². The molecule has 142 valence electrons. The van der Waals surface area contributed by atoms with E-state index in [1.165, 1.54) is 10.8 Å². The molecular weight excluding hydrogens is 357 g/mol. The Hall–Kier alpha value is -1.95. The summed E-state index contributed by atoms with van der Waals surface area (Å²) in [5.74, 6) is 0. The SMILES string of the molecule is CCOP(=O)(OCC)C(=O)c1cn(C(=O)OC(C)(C)C)c2ccccc12. The maximum Gasteiger partial charge on any atom is 0.419 e. The first kappa shape index (κ1) is 20.4. The first-order chi connectivity index (χ1) is 12.1. The topological polar surface area (TPSA) is 83.8 Å². The van der Waals surface area contributed by atoms with Gasteiger partial charge in [-0.1, -0.05) is 18.2 Å². The lowest BCUT2D eigenvalue weighted by Crippen LogP contribution is -2.26. The summed E-state index contributed by atoms with van der Waals surface area (Å²) in [6.45, 7) is 8.64. The van der Waals surface area contributed by atoms with E-state index >= 15 is 0 Å². The molecule has 7 nitrogen and oxygen atoms in total. The third-order valence-corrected chi connectivity index (χ3v) is 5.31. The van der Waals surface area contributed by atoms with Crippen LogP contribution in [0, 0.1) is 0 Å². The lowest BCUT2D eigenvalue weighted by atomic mass is 10.2. The number of carbonyl (C=O) groups is 2. The number of hydrogen-bond donors (Lipinski definition) is 0. The van der Waals surface area contributed by atoms with E-state index in [0.29, 0.717) is 10.9 Å². The number of rotatable bonds is 6. The van der Waals surface area contributed by atoms with Crippen molar-refractivity contribution >= 4 is 30.1 Å². The molecule has 2 rings (SSSR count). The molecule has 0 aliphatic rings. The second-order valence-electron chi connectivity index (χ2n) is 6.55. The Labute approximate surface area is 152 Å². The average Bonchev–Trinajstić information content (AvgIpc) is 2.92.